The molecule has 0 saturated carbocycles. The topological polar surface area (TPSA) is 72.8 Å². The van der Waals surface area contributed by atoms with Crippen LogP contribution in [0.5, 0.6) is 0 Å². The zero-order valence-electron chi connectivity index (χ0n) is 8.81. The Balaban J connectivity index is 4.48. The van der Waals surface area contributed by atoms with E-state index in [1.165, 1.54) is 27.9 Å². The zero-order valence-corrected chi connectivity index (χ0v) is 8.81. The minimum atomic E-state index is -0.920. The summed E-state index contributed by atoms with van der Waals surface area (Å²) < 4.78 is 9.28. The maximum atomic E-state index is 11.2. The third-order valence-electron chi connectivity index (χ3n) is 1.85. The number of carbonyl (C=O) groups is 2. The van der Waals surface area contributed by atoms with Crippen LogP contribution in [-0.4, -0.2) is 36.4 Å². The summed E-state index contributed by atoms with van der Waals surface area (Å²) >= 11 is 0. The predicted molar refractivity (Wildman–Crippen MR) is 48.4 cm³/mol. The van der Waals surface area contributed by atoms with Gasteiger partial charge in [0, 0.05) is 6.92 Å². The van der Waals surface area contributed by atoms with Crippen molar-refractivity contribution in [3.8, 4) is 0 Å². The predicted octanol–water partition coefficient (Wildman–Crippen LogP) is 0.108. The lowest BCUT2D eigenvalue weighted by Gasteiger charge is -2.23. The summed E-state index contributed by atoms with van der Waals surface area (Å²) in [7, 11) is 1.22. The van der Waals surface area contributed by atoms with Gasteiger partial charge in [-0.25, -0.2) is 0 Å². The van der Waals surface area contributed by atoms with Crippen molar-refractivity contribution in [2.24, 2.45) is 5.92 Å². The van der Waals surface area contributed by atoms with Crippen LogP contribution in [-0.2, 0) is 19.1 Å². The van der Waals surface area contributed by atoms with Gasteiger partial charge in [-0.15, -0.1) is 0 Å². The standard InChI is InChI=1S/C9H16O5/c1-5(10)8(9(12)13-4)6(2)14-7(3)11/h5-6,8,10H,1-4H3/t5-,6-,8+/m0/s1. The molecule has 0 bridgehead atoms. The quantitative estimate of drug-likeness (QED) is 0.658. The highest BCUT2D eigenvalue weighted by atomic mass is 16.6. The maximum absolute atomic E-state index is 11.2. The van der Waals surface area contributed by atoms with Gasteiger partial charge in [-0.3, -0.25) is 9.59 Å². The van der Waals surface area contributed by atoms with Crippen molar-refractivity contribution in [3.05, 3.63) is 0 Å². The number of ether oxygens (including phenoxy) is 2. The van der Waals surface area contributed by atoms with E-state index in [4.69, 9.17) is 4.74 Å². The molecule has 0 aliphatic rings. The molecule has 1 N–H and O–H groups in total. The number of carbonyl (C=O) groups excluding carboxylic acids is 2. The lowest BCUT2D eigenvalue weighted by atomic mass is 9.98. The van der Waals surface area contributed by atoms with Crippen LogP contribution in [0.15, 0.2) is 0 Å². The van der Waals surface area contributed by atoms with E-state index in [1.807, 2.05) is 0 Å². The molecule has 0 radical (unpaired) electrons. The third kappa shape index (κ3) is 3.74. The maximum Gasteiger partial charge on any atom is 0.315 e. The Kier molecular flexibility index (Phi) is 5.15. The molecule has 0 aromatic carbocycles. The van der Waals surface area contributed by atoms with Crippen LogP contribution in [0.25, 0.3) is 0 Å². The van der Waals surface area contributed by atoms with Gasteiger partial charge in [0.2, 0.25) is 0 Å². The number of aliphatic hydroxyl groups excluding tert-OH is 1. The first kappa shape index (κ1) is 12.9. The Bertz CT molecular complexity index is 211. The second-order valence-corrected chi connectivity index (χ2v) is 3.10. The average Bonchev–Trinajstić information content (AvgIpc) is 2.01. The van der Waals surface area contributed by atoms with Crippen molar-refractivity contribution in [3.63, 3.8) is 0 Å². The molecule has 14 heavy (non-hydrogen) atoms. The normalized spacial score (nSPS) is 16.6. The number of rotatable bonds is 4. The van der Waals surface area contributed by atoms with Crippen molar-refractivity contribution < 1.29 is 24.2 Å². The average molecular weight is 204 g/mol. The number of hydrogen-bond donors (Lipinski definition) is 1. The molecule has 0 spiro atoms. The van der Waals surface area contributed by atoms with Crippen LogP contribution in [0.1, 0.15) is 20.8 Å². The van der Waals surface area contributed by atoms with E-state index in [0.29, 0.717) is 0 Å². The van der Waals surface area contributed by atoms with Gasteiger partial charge in [-0.1, -0.05) is 0 Å². The minimum Gasteiger partial charge on any atom is -0.469 e. The fourth-order valence-corrected chi connectivity index (χ4v) is 1.25. The molecule has 0 rings (SSSR count). The molecule has 82 valence electrons. The molecule has 0 aromatic rings. The summed E-state index contributed by atoms with van der Waals surface area (Å²) in [6, 6.07) is 0. The van der Waals surface area contributed by atoms with Crippen LogP contribution >= 0.6 is 0 Å². The number of hydrogen-bond acceptors (Lipinski definition) is 5. The van der Waals surface area contributed by atoms with Gasteiger partial charge in [0.25, 0.3) is 0 Å². The lowest BCUT2D eigenvalue weighted by Crippen LogP contribution is -2.38. The molecule has 5 heteroatoms. The molecular formula is C9H16O5. The number of esters is 2. The molecule has 3 atom stereocenters. The highest BCUT2D eigenvalue weighted by Crippen LogP contribution is 2.14. The fourth-order valence-electron chi connectivity index (χ4n) is 1.25. The fraction of sp³-hybridized carbons (Fsp3) is 0.778. The van der Waals surface area contributed by atoms with E-state index in [1.54, 1.807) is 0 Å². The molecule has 0 unspecified atom stereocenters. The molecule has 0 aliphatic heterocycles. The second kappa shape index (κ2) is 5.59. The van der Waals surface area contributed by atoms with Crippen LogP contribution in [0.4, 0.5) is 0 Å². The molecule has 5 nitrogen and oxygen atoms in total. The van der Waals surface area contributed by atoms with Crippen LogP contribution < -0.4 is 0 Å². The lowest BCUT2D eigenvalue weighted by molar-refractivity contribution is -0.162. The van der Waals surface area contributed by atoms with E-state index in [2.05, 4.69) is 4.74 Å². The van der Waals surface area contributed by atoms with Gasteiger partial charge < -0.3 is 14.6 Å². The molecular weight excluding hydrogens is 188 g/mol. The van der Waals surface area contributed by atoms with Crippen LogP contribution in [0.3, 0.4) is 0 Å². The first-order valence-electron chi connectivity index (χ1n) is 4.33. The van der Waals surface area contributed by atoms with Crippen molar-refractivity contribution in [1.29, 1.82) is 0 Å². The van der Waals surface area contributed by atoms with Gasteiger partial charge >= 0.3 is 11.9 Å². The molecule has 0 aromatic heterocycles. The summed E-state index contributed by atoms with van der Waals surface area (Å²) in [6.07, 6.45) is -1.61. The van der Waals surface area contributed by atoms with Gasteiger partial charge in [-0.2, -0.15) is 0 Å². The Hall–Kier alpha value is -1.10. The Morgan fingerprint density at radius 2 is 1.79 bits per heavy atom. The van der Waals surface area contributed by atoms with E-state index >= 15 is 0 Å². The van der Waals surface area contributed by atoms with Crippen LogP contribution in [0.2, 0.25) is 0 Å². The van der Waals surface area contributed by atoms with E-state index in [9.17, 15) is 14.7 Å². The summed E-state index contributed by atoms with van der Waals surface area (Å²) in [4.78, 5) is 21.8. The van der Waals surface area contributed by atoms with Crippen molar-refractivity contribution in [2.75, 3.05) is 7.11 Å². The SMILES string of the molecule is COC(=O)[C@H]([C@H](C)O)[C@H](C)OC(C)=O. The first-order chi connectivity index (χ1) is 6.40. The van der Waals surface area contributed by atoms with Gasteiger partial charge in [0.05, 0.1) is 13.2 Å². The third-order valence-corrected chi connectivity index (χ3v) is 1.85. The highest BCUT2D eigenvalue weighted by molar-refractivity contribution is 5.74. The van der Waals surface area contributed by atoms with Gasteiger partial charge in [0.1, 0.15) is 12.0 Å². The second-order valence-electron chi connectivity index (χ2n) is 3.10. The highest BCUT2D eigenvalue weighted by Gasteiger charge is 2.32. The van der Waals surface area contributed by atoms with Gasteiger partial charge in [-0.05, 0) is 13.8 Å². The van der Waals surface area contributed by atoms with E-state index in [-0.39, 0.29) is 0 Å². The Morgan fingerprint density at radius 3 is 2.07 bits per heavy atom. The molecule has 0 amide bonds. The molecule has 0 aliphatic carbocycles. The van der Waals surface area contributed by atoms with Crippen molar-refractivity contribution in [1.82, 2.24) is 0 Å². The molecule has 0 fully saturated rings. The number of aliphatic hydroxyl groups is 1. The summed E-state index contributed by atoms with van der Waals surface area (Å²) in [5.41, 5.74) is 0. The summed E-state index contributed by atoms with van der Waals surface area (Å²) in [6.45, 7) is 4.23. The first-order valence-corrected chi connectivity index (χ1v) is 4.33. The van der Waals surface area contributed by atoms with E-state index in [0.717, 1.165) is 0 Å². The monoisotopic (exact) mass is 204 g/mol. The van der Waals surface area contributed by atoms with Crippen molar-refractivity contribution >= 4 is 11.9 Å². The summed E-state index contributed by atoms with van der Waals surface area (Å²) in [5, 5.41) is 9.30. The van der Waals surface area contributed by atoms with Crippen molar-refractivity contribution in [2.45, 2.75) is 33.0 Å². The molecule has 0 saturated heterocycles. The Labute approximate surface area is 83.0 Å². The largest absolute Gasteiger partial charge is 0.469 e. The van der Waals surface area contributed by atoms with Crippen LogP contribution in [0, 0.1) is 5.92 Å². The smallest absolute Gasteiger partial charge is 0.315 e. The zero-order chi connectivity index (χ0) is 11.3. The van der Waals surface area contributed by atoms with Gasteiger partial charge in [0.15, 0.2) is 0 Å². The Morgan fingerprint density at radius 1 is 1.29 bits per heavy atom. The summed E-state index contributed by atoms with van der Waals surface area (Å²) in [5.74, 6) is -1.93. The van der Waals surface area contributed by atoms with E-state index < -0.39 is 30.1 Å². The number of methoxy groups -OCH3 is 1. The molecule has 0 heterocycles. The minimum absolute atomic E-state index is 0.493.